The summed E-state index contributed by atoms with van der Waals surface area (Å²) in [5.41, 5.74) is 0.770. The number of aliphatic hydroxyl groups excluding tert-OH is 1. The Bertz CT molecular complexity index is 615. The third-order valence-electron chi connectivity index (χ3n) is 2.78. The molecule has 2 aromatic rings. The second kappa shape index (κ2) is 6.72. The molecule has 0 aliphatic carbocycles. The number of hydrogen-bond donors (Lipinski definition) is 1. The molecule has 2 aromatic carbocycles. The Morgan fingerprint density at radius 1 is 1.15 bits per heavy atom. The minimum atomic E-state index is -0.614. The standard InChI is InChI=1S/C15H14Cl2O2S/c1-9(18)15-13(19-2)4-3-5-14(15)20-10-6-7-11(16)12(17)8-10/h3-9,18H,1-2H3/t9-/m0/s1. The molecule has 0 radical (unpaired) electrons. The maximum Gasteiger partial charge on any atom is 0.125 e. The normalized spacial score (nSPS) is 12.2. The molecule has 0 amide bonds. The maximum atomic E-state index is 9.95. The van der Waals surface area contributed by atoms with Crippen molar-refractivity contribution in [3.05, 3.63) is 52.0 Å². The van der Waals surface area contributed by atoms with Crippen molar-refractivity contribution in [2.75, 3.05) is 7.11 Å². The molecule has 0 bridgehead atoms. The molecule has 106 valence electrons. The fourth-order valence-electron chi connectivity index (χ4n) is 1.87. The van der Waals surface area contributed by atoms with Crippen molar-refractivity contribution in [1.29, 1.82) is 0 Å². The van der Waals surface area contributed by atoms with Gasteiger partial charge in [-0.2, -0.15) is 0 Å². The lowest BCUT2D eigenvalue weighted by atomic mass is 10.1. The van der Waals surface area contributed by atoms with Gasteiger partial charge in [-0.25, -0.2) is 0 Å². The highest BCUT2D eigenvalue weighted by Crippen LogP contribution is 2.39. The summed E-state index contributed by atoms with van der Waals surface area (Å²) >= 11 is 13.4. The molecule has 0 saturated heterocycles. The second-order valence-electron chi connectivity index (χ2n) is 4.23. The van der Waals surface area contributed by atoms with Crippen LogP contribution in [0.15, 0.2) is 46.2 Å². The van der Waals surface area contributed by atoms with Crippen LogP contribution in [0.5, 0.6) is 5.75 Å². The zero-order valence-corrected chi connectivity index (χ0v) is 13.4. The molecule has 2 rings (SSSR count). The Labute approximate surface area is 132 Å². The van der Waals surface area contributed by atoms with E-state index in [-0.39, 0.29) is 0 Å². The minimum absolute atomic E-state index is 0.512. The molecule has 2 nitrogen and oxygen atoms in total. The first-order valence-electron chi connectivity index (χ1n) is 6.00. The van der Waals surface area contributed by atoms with Crippen LogP contribution < -0.4 is 4.74 Å². The van der Waals surface area contributed by atoms with Gasteiger partial charge in [0.05, 0.1) is 23.3 Å². The predicted octanol–water partition coefficient (Wildman–Crippen LogP) is 5.21. The number of halogens is 2. The van der Waals surface area contributed by atoms with Gasteiger partial charge in [0.15, 0.2) is 0 Å². The van der Waals surface area contributed by atoms with E-state index in [2.05, 4.69) is 0 Å². The molecule has 0 aliphatic rings. The number of methoxy groups -OCH3 is 1. The van der Waals surface area contributed by atoms with Gasteiger partial charge in [0, 0.05) is 15.4 Å². The summed E-state index contributed by atoms with van der Waals surface area (Å²) in [4.78, 5) is 1.88. The predicted molar refractivity (Wildman–Crippen MR) is 84.2 cm³/mol. The topological polar surface area (TPSA) is 29.5 Å². The summed E-state index contributed by atoms with van der Waals surface area (Å²) in [6.45, 7) is 1.72. The monoisotopic (exact) mass is 328 g/mol. The quantitative estimate of drug-likeness (QED) is 0.835. The molecule has 1 N–H and O–H groups in total. The first kappa shape index (κ1) is 15.5. The molecule has 20 heavy (non-hydrogen) atoms. The summed E-state index contributed by atoms with van der Waals surface area (Å²) in [6.07, 6.45) is -0.614. The first-order chi connectivity index (χ1) is 9.52. The van der Waals surface area contributed by atoms with Crippen LogP contribution in [-0.4, -0.2) is 12.2 Å². The molecule has 0 unspecified atom stereocenters. The Morgan fingerprint density at radius 2 is 1.90 bits per heavy atom. The summed E-state index contributed by atoms with van der Waals surface area (Å²) in [7, 11) is 1.59. The highest BCUT2D eigenvalue weighted by Gasteiger charge is 2.15. The van der Waals surface area contributed by atoms with Gasteiger partial charge in [-0.3, -0.25) is 0 Å². The van der Waals surface area contributed by atoms with Crippen LogP contribution in [0.2, 0.25) is 10.0 Å². The van der Waals surface area contributed by atoms with Crippen molar-refractivity contribution >= 4 is 35.0 Å². The Kier molecular flexibility index (Phi) is 5.22. The largest absolute Gasteiger partial charge is 0.496 e. The lowest BCUT2D eigenvalue weighted by Crippen LogP contribution is -1.98. The van der Waals surface area contributed by atoms with Crippen LogP contribution in [0.3, 0.4) is 0 Å². The molecule has 0 aromatic heterocycles. The zero-order valence-electron chi connectivity index (χ0n) is 11.1. The summed E-state index contributed by atoms with van der Waals surface area (Å²) in [5, 5.41) is 11.0. The Morgan fingerprint density at radius 3 is 2.50 bits per heavy atom. The minimum Gasteiger partial charge on any atom is -0.496 e. The average molecular weight is 329 g/mol. The van der Waals surface area contributed by atoms with Crippen LogP contribution in [0.1, 0.15) is 18.6 Å². The molecule has 0 spiro atoms. The van der Waals surface area contributed by atoms with Gasteiger partial charge in [0.1, 0.15) is 5.75 Å². The van der Waals surface area contributed by atoms with Crippen molar-refractivity contribution in [1.82, 2.24) is 0 Å². The van der Waals surface area contributed by atoms with E-state index in [1.165, 1.54) is 11.8 Å². The number of ether oxygens (including phenoxy) is 1. The van der Waals surface area contributed by atoms with Crippen molar-refractivity contribution in [2.45, 2.75) is 22.8 Å². The molecule has 5 heteroatoms. The number of aliphatic hydroxyl groups is 1. The zero-order chi connectivity index (χ0) is 14.7. The van der Waals surface area contributed by atoms with Crippen LogP contribution >= 0.6 is 35.0 Å². The van der Waals surface area contributed by atoms with E-state index in [1.807, 2.05) is 24.3 Å². The number of rotatable bonds is 4. The number of hydrogen-bond acceptors (Lipinski definition) is 3. The average Bonchev–Trinajstić information content (AvgIpc) is 2.42. The van der Waals surface area contributed by atoms with E-state index in [0.717, 1.165) is 15.4 Å². The van der Waals surface area contributed by atoms with Crippen LogP contribution in [0.4, 0.5) is 0 Å². The smallest absolute Gasteiger partial charge is 0.125 e. The first-order valence-corrected chi connectivity index (χ1v) is 7.58. The maximum absolute atomic E-state index is 9.95. The molecule has 0 heterocycles. The fourth-order valence-corrected chi connectivity index (χ4v) is 3.33. The van der Waals surface area contributed by atoms with Gasteiger partial charge >= 0.3 is 0 Å². The lowest BCUT2D eigenvalue weighted by Gasteiger charge is -2.15. The van der Waals surface area contributed by atoms with E-state index < -0.39 is 6.10 Å². The lowest BCUT2D eigenvalue weighted by molar-refractivity contribution is 0.191. The van der Waals surface area contributed by atoms with E-state index in [9.17, 15) is 5.11 Å². The molecular formula is C15H14Cl2O2S. The van der Waals surface area contributed by atoms with Crippen LogP contribution in [0.25, 0.3) is 0 Å². The fraction of sp³-hybridized carbons (Fsp3) is 0.200. The van der Waals surface area contributed by atoms with E-state index in [0.29, 0.717) is 15.8 Å². The molecule has 0 aliphatic heterocycles. The SMILES string of the molecule is COc1cccc(Sc2ccc(Cl)c(Cl)c2)c1[C@H](C)O. The highest BCUT2D eigenvalue weighted by molar-refractivity contribution is 7.99. The van der Waals surface area contributed by atoms with Gasteiger partial charge in [-0.05, 0) is 37.3 Å². The molecule has 0 saturated carbocycles. The van der Waals surface area contributed by atoms with E-state index in [1.54, 1.807) is 26.2 Å². The van der Waals surface area contributed by atoms with Crippen molar-refractivity contribution in [3.63, 3.8) is 0 Å². The van der Waals surface area contributed by atoms with Gasteiger partial charge in [-0.1, -0.05) is 41.0 Å². The van der Waals surface area contributed by atoms with Gasteiger partial charge in [0.2, 0.25) is 0 Å². The highest BCUT2D eigenvalue weighted by atomic mass is 35.5. The molecular weight excluding hydrogens is 315 g/mol. The third-order valence-corrected chi connectivity index (χ3v) is 4.59. The second-order valence-corrected chi connectivity index (χ2v) is 6.16. The van der Waals surface area contributed by atoms with E-state index in [4.69, 9.17) is 27.9 Å². The van der Waals surface area contributed by atoms with Crippen LogP contribution in [-0.2, 0) is 0 Å². The van der Waals surface area contributed by atoms with Crippen molar-refractivity contribution in [2.24, 2.45) is 0 Å². The summed E-state index contributed by atoms with van der Waals surface area (Å²) in [5.74, 6) is 0.671. The van der Waals surface area contributed by atoms with Gasteiger partial charge in [0.25, 0.3) is 0 Å². The van der Waals surface area contributed by atoms with Crippen molar-refractivity contribution < 1.29 is 9.84 Å². The molecule has 1 atom stereocenters. The van der Waals surface area contributed by atoms with Crippen LogP contribution in [0, 0.1) is 0 Å². The Balaban J connectivity index is 2.40. The Hall–Kier alpha value is -0.870. The summed E-state index contributed by atoms with van der Waals surface area (Å²) < 4.78 is 5.31. The van der Waals surface area contributed by atoms with Gasteiger partial charge in [-0.15, -0.1) is 0 Å². The van der Waals surface area contributed by atoms with E-state index >= 15 is 0 Å². The third kappa shape index (κ3) is 3.41. The van der Waals surface area contributed by atoms with Gasteiger partial charge < -0.3 is 9.84 Å². The molecule has 0 fully saturated rings. The van der Waals surface area contributed by atoms with Crippen molar-refractivity contribution in [3.8, 4) is 5.75 Å². The summed E-state index contributed by atoms with van der Waals surface area (Å²) in [6, 6.07) is 11.1. The number of benzene rings is 2.